The predicted octanol–water partition coefficient (Wildman–Crippen LogP) is 3.45. The van der Waals surface area contributed by atoms with Gasteiger partial charge in [0.2, 0.25) is 0 Å². The summed E-state index contributed by atoms with van der Waals surface area (Å²) in [5.74, 6) is -0.254. The van der Waals surface area contributed by atoms with Crippen LogP contribution in [0, 0.1) is 5.82 Å². The zero-order valence-corrected chi connectivity index (χ0v) is 10.3. The molecule has 0 bridgehead atoms. The van der Waals surface area contributed by atoms with E-state index >= 15 is 0 Å². The van der Waals surface area contributed by atoms with Crippen molar-refractivity contribution in [1.82, 2.24) is 4.98 Å². The van der Waals surface area contributed by atoms with Gasteiger partial charge in [-0.1, -0.05) is 11.8 Å². The molecule has 0 fully saturated rings. The van der Waals surface area contributed by atoms with E-state index in [4.69, 9.17) is 5.73 Å². The number of benzene rings is 1. The fourth-order valence-electron chi connectivity index (χ4n) is 1.32. The lowest BCUT2D eigenvalue weighted by molar-refractivity contribution is 0.619. The van der Waals surface area contributed by atoms with Crippen molar-refractivity contribution in [3.8, 4) is 0 Å². The standard InChI is InChI=1S/C11H11FN2S2/c1-7(13)9-6-8(12)2-3-10(9)16-11-14-4-5-15-11/h2-7H,13H2,1H3. The van der Waals surface area contributed by atoms with Crippen LogP contribution >= 0.6 is 23.1 Å². The van der Waals surface area contributed by atoms with Crippen molar-refractivity contribution in [3.05, 3.63) is 41.2 Å². The van der Waals surface area contributed by atoms with Crippen molar-refractivity contribution in [2.45, 2.75) is 22.2 Å². The van der Waals surface area contributed by atoms with Crippen LogP contribution in [-0.4, -0.2) is 4.98 Å². The first-order chi connectivity index (χ1) is 7.66. The number of rotatable bonds is 3. The molecule has 84 valence electrons. The van der Waals surface area contributed by atoms with Gasteiger partial charge in [-0.3, -0.25) is 0 Å². The first kappa shape index (κ1) is 11.6. The van der Waals surface area contributed by atoms with Crippen LogP contribution in [0.3, 0.4) is 0 Å². The van der Waals surface area contributed by atoms with E-state index in [2.05, 4.69) is 4.98 Å². The Morgan fingerprint density at radius 2 is 2.31 bits per heavy atom. The molecule has 2 rings (SSSR count). The van der Waals surface area contributed by atoms with E-state index < -0.39 is 0 Å². The van der Waals surface area contributed by atoms with Gasteiger partial charge in [0.05, 0.1) is 0 Å². The van der Waals surface area contributed by atoms with E-state index in [1.807, 2.05) is 12.3 Å². The van der Waals surface area contributed by atoms with Crippen LogP contribution in [0.5, 0.6) is 0 Å². The van der Waals surface area contributed by atoms with Gasteiger partial charge in [-0.25, -0.2) is 9.37 Å². The van der Waals surface area contributed by atoms with E-state index in [-0.39, 0.29) is 11.9 Å². The van der Waals surface area contributed by atoms with Crippen molar-refractivity contribution < 1.29 is 4.39 Å². The Hall–Kier alpha value is -0.910. The molecule has 16 heavy (non-hydrogen) atoms. The highest BCUT2D eigenvalue weighted by atomic mass is 32.2. The zero-order chi connectivity index (χ0) is 11.5. The van der Waals surface area contributed by atoms with Gasteiger partial charge in [-0.05, 0) is 30.7 Å². The molecule has 1 heterocycles. The summed E-state index contributed by atoms with van der Waals surface area (Å²) in [5, 5.41) is 1.91. The molecule has 2 nitrogen and oxygen atoms in total. The van der Waals surface area contributed by atoms with Gasteiger partial charge in [0.25, 0.3) is 0 Å². The largest absolute Gasteiger partial charge is 0.324 e. The van der Waals surface area contributed by atoms with Crippen LogP contribution in [0.4, 0.5) is 4.39 Å². The van der Waals surface area contributed by atoms with E-state index in [0.29, 0.717) is 0 Å². The SMILES string of the molecule is CC(N)c1cc(F)ccc1Sc1nccs1. The Morgan fingerprint density at radius 1 is 1.50 bits per heavy atom. The first-order valence-corrected chi connectivity index (χ1v) is 6.49. The number of thiazole rings is 1. The molecule has 0 aliphatic carbocycles. The van der Waals surface area contributed by atoms with Gasteiger partial charge in [-0.2, -0.15) is 0 Å². The molecule has 0 spiro atoms. The van der Waals surface area contributed by atoms with Crippen molar-refractivity contribution in [2.24, 2.45) is 5.73 Å². The topological polar surface area (TPSA) is 38.9 Å². The smallest absolute Gasteiger partial charge is 0.154 e. The summed E-state index contributed by atoms with van der Waals surface area (Å²) >= 11 is 3.08. The molecule has 0 aliphatic rings. The lowest BCUT2D eigenvalue weighted by Gasteiger charge is -2.11. The van der Waals surface area contributed by atoms with Gasteiger partial charge in [0.1, 0.15) is 5.82 Å². The van der Waals surface area contributed by atoms with Crippen LogP contribution in [0.15, 0.2) is 39.0 Å². The second-order valence-electron chi connectivity index (χ2n) is 3.37. The van der Waals surface area contributed by atoms with Crippen LogP contribution < -0.4 is 5.73 Å². The van der Waals surface area contributed by atoms with E-state index in [1.165, 1.54) is 23.9 Å². The van der Waals surface area contributed by atoms with Gasteiger partial charge < -0.3 is 5.73 Å². The molecule has 0 amide bonds. The van der Waals surface area contributed by atoms with E-state index in [0.717, 1.165) is 14.8 Å². The maximum Gasteiger partial charge on any atom is 0.154 e. The zero-order valence-electron chi connectivity index (χ0n) is 8.68. The second-order valence-corrected chi connectivity index (χ2v) is 5.55. The summed E-state index contributed by atoms with van der Waals surface area (Å²) in [6.07, 6.45) is 1.75. The van der Waals surface area contributed by atoms with Crippen LogP contribution in [0.2, 0.25) is 0 Å². The highest BCUT2D eigenvalue weighted by Crippen LogP contribution is 2.34. The third kappa shape index (κ3) is 2.61. The predicted molar refractivity (Wildman–Crippen MR) is 65.2 cm³/mol. The number of hydrogen-bond donors (Lipinski definition) is 1. The minimum Gasteiger partial charge on any atom is -0.324 e. The monoisotopic (exact) mass is 254 g/mol. The third-order valence-electron chi connectivity index (χ3n) is 2.07. The Labute approximate surface area is 102 Å². The maximum absolute atomic E-state index is 13.1. The van der Waals surface area contributed by atoms with Crippen molar-refractivity contribution in [1.29, 1.82) is 0 Å². The van der Waals surface area contributed by atoms with E-state index in [1.54, 1.807) is 23.6 Å². The summed E-state index contributed by atoms with van der Waals surface area (Å²) in [6.45, 7) is 1.85. The quantitative estimate of drug-likeness (QED) is 0.911. The van der Waals surface area contributed by atoms with Crippen LogP contribution in [0.25, 0.3) is 0 Å². The molecule has 0 saturated carbocycles. The minimum absolute atomic E-state index is 0.182. The molecule has 0 saturated heterocycles. The Morgan fingerprint density at radius 3 is 2.94 bits per heavy atom. The minimum atomic E-state index is -0.254. The molecular formula is C11H11FN2S2. The van der Waals surface area contributed by atoms with Gasteiger partial charge >= 0.3 is 0 Å². The van der Waals surface area contributed by atoms with Crippen molar-refractivity contribution >= 4 is 23.1 Å². The van der Waals surface area contributed by atoms with Gasteiger partial charge in [0, 0.05) is 22.5 Å². The number of nitrogens with zero attached hydrogens (tertiary/aromatic N) is 1. The van der Waals surface area contributed by atoms with Crippen molar-refractivity contribution in [3.63, 3.8) is 0 Å². The highest BCUT2D eigenvalue weighted by Gasteiger charge is 2.10. The van der Waals surface area contributed by atoms with Crippen LogP contribution in [0.1, 0.15) is 18.5 Å². The summed E-state index contributed by atoms with van der Waals surface area (Å²) in [6, 6.07) is 4.50. The molecule has 1 aromatic carbocycles. The first-order valence-electron chi connectivity index (χ1n) is 4.79. The normalized spacial score (nSPS) is 12.7. The van der Waals surface area contributed by atoms with Gasteiger partial charge in [-0.15, -0.1) is 11.3 Å². The fourth-order valence-corrected chi connectivity index (χ4v) is 3.11. The Kier molecular flexibility index (Phi) is 3.58. The summed E-state index contributed by atoms with van der Waals surface area (Å²) < 4.78 is 14.0. The molecule has 0 radical (unpaired) electrons. The molecule has 1 atom stereocenters. The molecule has 1 aromatic heterocycles. The summed E-state index contributed by atoms with van der Waals surface area (Å²) in [5.41, 5.74) is 6.63. The molecule has 0 aliphatic heterocycles. The number of aromatic nitrogens is 1. The third-order valence-corrected chi connectivity index (χ3v) is 4.04. The van der Waals surface area contributed by atoms with E-state index in [9.17, 15) is 4.39 Å². The Balaban J connectivity index is 2.33. The Bertz CT molecular complexity index is 469. The molecule has 2 aromatic rings. The number of hydrogen-bond acceptors (Lipinski definition) is 4. The number of halogens is 1. The average molecular weight is 254 g/mol. The van der Waals surface area contributed by atoms with Crippen LogP contribution in [-0.2, 0) is 0 Å². The molecular weight excluding hydrogens is 243 g/mol. The molecule has 2 N–H and O–H groups in total. The lowest BCUT2D eigenvalue weighted by Crippen LogP contribution is -2.06. The number of nitrogens with two attached hydrogens (primary N) is 1. The second kappa shape index (κ2) is 4.95. The maximum atomic E-state index is 13.1. The molecule has 1 unspecified atom stereocenters. The van der Waals surface area contributed by atoms with Crippen molar-refractivity contribution in [2.75, 3.05) is 0 Å². The molecule has 5 heteroatoms. The lowest BCUT2D eigenvalue weighted by atomic mass is 10.1. The average Bonchev–Trinajstić information content (AvgIpc) is 2.73. The van der Waals surface area contributed by atoms with Gasteiger partial charge in [0.15, 0.2) is 4.34 Å². The highest BCUT2D eigenvalue weighted by molar-refractivity contribution is 8.01. The summed E-state index contributed by atoms with van der Waals surface area (Å²) in [4.78, 5) is 5.15. The summed E-state index contributed by atoms with van der Waals surface area (Å²) in [7, 11) is 0. The fraction of sp³-hybridized carbons (Fsp3) is 0.182.